The number of hydrogen-bond donors (Lipinski definition) is 2. The molecular weight excluding hydrogens is 368 g/mol. The van der Waals surface area contributed by atoms with E-state index in [-0.39, 0.29) is 12.5 Å². The van der Waals surface area contributed by atoms with Gasteiger partial charge in [0.05, 0.1) is 7.11 Å². The number of nitrogens with one attached hydrogen (secondary N) is 2. The molecule has 6 heteroatoms. The fourth-order valence-electron chi connectivity index (χ4n) is 3.82. The van der Waals surface area contributed by atoms with Gasteiger partial charge in [-0.2, -0.15) is 0 Å². The van der Waals surface area contributed by atoms with Gasteiger partial charge in [-0.15, -0.1) is 0 Å². The first kappa shape index (κ1) is 20.9. The molecule has 0 bridgehead atoms. The number of alkyl carbamates (subject to hydrolysis) is 1. The zero-order chi connectivity index (χ0) is 20.6. The lowest BCUT2D eigenvalue weighted by Gasteiger charge is -2.18. The first-order valence-corrected chi connectivity index (χ1v) is 9.99. The van der Waals surface area contributed by atoms with Gasteiger partial charge in [0.1, 0.15) is 12.6 Å². The van der Waals surface area contributed by atoms with E-state index in [1.165, 1.54) is 18.2 Å². The van der Waals surface area contributed by atoms with Crippen LogP contribution in [0.15, 0.2) is 48.5 Å². The molecule has 3 rings (SSSR count). The van der Waals surface area contributed by atoms with Crippen molar-refractivity contribution in [3.05, 3.63) is 59.7 Å². The summed E-state index contributed by atoms with van der Waals surface area (Å²) < 4.78 is 10.3. The van der Waals surface area contributed by atoms with Crippen LogP contribution in [-0.4, -0.2) is 45.4 Å². The van der Waals surface area contributed by atoms with E-state index in [4.69, 9.17) is 9.47 Å². The minimum Gasteiger partial charge on any atom is -0.467 e. The molecule has 2 aromatic carbocycles. The maximum atomic E-state index is 12.4. The number of carbonyl (C=O) groups excluding carboxylic acids is 2. The van der Waals surface area contributed by atoms with E-state index in [1.54, 1.807) is 0 Å². The second-order valence-electron chi connectivity index (χ2n) is 7.14. The first-order valence-electron chi connectivity index (χ1n) is 9.99. The molecule has 0 aromatic heterocycles. The van der Waals surface area contributed by atoms with E-state index >= 15 is 0 Å². The van der Waals surface area contributed by atoms with Gasteiger partial charge in [0.15, 0.2) is 0 Å². The lowest BCUT2D eigenvalue weighted by molar-refractivity contribution is -0.143. The Morgan fingerprint density at radius 2 is 1.62 bits per heavy atom. The number of amides is 1. The Hall–Kier alpha value is -2.86. The molecule has 0 fully saturated rings. The van der Waals surface area contributed by atoms with Crippen molar-refractivity contribution in [1.29, 1.82) is 0 Å². The van der Waals surface area contributed by atoms with Gasteiger partial charge < -0.3 is 20.1 Å². The van der Waals surface area contributed by atoms with Gasteiger partial charge in [0, 0.05) is 5.92 Å². The van der Waals surface area contributed by atoms with Gasteiger partial charge >= 0.3 is 12.1 Å². The van der Waals surface area contributed by atoms with E-state index in [2.05, 4.69) is 34.9 Å². The van der Waals surface area contributed by atoms with Crippen molar-refractivity contribution < 1.29 is 19.1 Å². The lowest BCUT2D eigenvalue weighted by atomic mass is 9.98. The topological polar surface area (TPSA) is 76.7 Å². The second kappa shape index (κ2) is 10.1. The maximum Gasteiger partial charge on any atom is 0.407 e. The highest BCUT2D eigenvalue weighted by molar-refractivity contribution is 5.82. The molecular formula is C23H28N2O4. The van der Waals surface area contributed by atoms with Gasteiger partial charge in [-0.1, -0.05) is 48.5 Å². The van der Waals surface area contributed by atoms with Crippen LogP contribution < -0.4 is 10.6 Å². The fraction of sp³-hybridized carbons (Fsp3) is 0.391. The molecule has 1 aliphatic rings. The Morgan fingerprint density at radius 3 is 2.21 bits per heavy atom. The summed E-state index contributed by atoms with van der Waals surface area (Å²) in [6.07, 6.45) is 1.62. The number of hydrogen-bond acceptors (Lipinski definition) is 5. The van der Waals surface area contributed by atoms with Gasteiger partial charge in [0.2, 0.25) is 0 Å². The predicted molar refractivity (Wildman–Crippen MR) is 112 cm³/mol. The lowest BCUT2D eigenvalue weighted by Crippen LogP contribution is -2.42. The zero-order valence-corrected chi connectivity index (χ0v) is 16.9. The SMILES string of the molecule is CNCCCC[C@H](NC(=O)OCC1c2ccccc2-c2ccccc21)C(=O)OC. The van der Waals surface area contributed by atoms with Crippen molar-refractivity contribution in [2.24, 2.45) is 0 Å². The Morgan fingerprint density at radius 1 is 1.00 bits per heavy atom. The molecule has 2 N–H and O–H groups in total. The smallest absolute Gasteiger partial charge is 0.407 e. The van der Waals surface area contributed by atoms with E-state index < -0.39 is 18.1 Å². The summed E-state index contributed by atoms with van der Waals surface area (Å²) in [7, 11) is 3.20. The highest BCUT2D eigenvalue weighted by atomic mass is 16.6. The standard InChI is InChI=1S/C23H28N2O4/c1-24-14-8-7-13-21(22(26)28-2)25-23(27)29-15-20-18-11-5-3-9-16(18)17-10-4-6-12-19(17)20/h3-6,9-12,20-21,24H,7-8,13-15H2,1-2H3,(H,25,27)/t21-/m0/s1. The number of benzene rings is 2. The van der Waals surface area contributed by atoms with Crippen molar-refractivity contribution in [3.8, 4) is 11.1 Å². The van der Waals surface area contributed by atoms with Crippen LogP contribution in [0.25, 0.3) is 11.1 Å². The van der Waals surface area contributed by atoms with Crippen LogP contribution in [0.2, 0.25) is 0 Å². The third-order valence-corrected chi connectivity index (χ3v) is 5.29. The number of methoxy groups -OCH3 is 1. The Labute approximate surface area is 171 Å². The molecule has 2 aromatic rings. The Bertz CT molecular complexity index is 807. The van der Waals surface area contributed by atoms with Crippen molar-refractivity contribution in [1.82, 2.24) is 10.6 Å². The molecule has 29 heavy (non-hydrogen) atoms. The van der Waals surface area contributed by atoms with Gasteiger partial charge in [-0.05, 0) is 55.1 Å². The number of ether oxygens (including phenoxy) is 2. The third kappa shape index (κ3) is 4.95. The normalized spacial score (nSPS) is 13.3. The van der Waals surface area contributed by atoms with Crippen molar-refractivity contribution in [3.63, 3.8) is 0 Å². The van der Waals surface area contributed by atoms with Crippen LogP contribution in [0.3, 0.4) is 0 Å². The summed E-state index contributed by atoms with van der Waals surface area (Å²) >= 11 is 0. The number of rotatable bonds is 9. The fourth-order valence-corrected chi connectivity index (χ4v) is 3.82. The van der Waals surface area contributed by atoms with E-state index in [1.807, 2.05) is 31.3 Å². The van der Waals surface area contributed by atoms with Crippen LogP contribution in [0, 0.1) is 0 Å². The molecule has 0 saturated heterocycles. The van der Waals surface area contributed by atoms with Crippen LogP contribution in [-0.2, 0) is 14.3 Å². The van der Waals surface area contributed by atoms with E-state index in [0.717, 1.165) is 30.5 Å². The summed E-state index contributed by atoms with van der Waals surface area (Å²) in [5.74, 6) is -0.469. The average Bonchev–Trinajstić information content (AvgIpc) is 3.07. The molecule has 0 saturated carbocycles. The highest BCUT2D eigenvalue weighted by Crippen LogP contribution is 2.44. The van der Waals surface area contributed by atoms with Crippen molar-refractivity contribution in [2.75, 3.05) is 27.3 Å². The van der Waals surface area contributed by atoms with Crippen LogP contribution >= 0.6 is 0 Å². The van der Waals surface area contributed by atoms with Gasteiger partial charge in [-0.25, -0.2) is 9.59 Å². The predicted octanol–water partition coefficient (Wildman–Crippen LogP) is 3.46. The minimum absolute atomic E-state index is 0.0136. The summed E-state index contributed by atoms with van der Waals surface area (Å²) in [5.41, 5.74) is 4.65. The van der Waals surface area contributed by atoms with E-state index in [9.17, 15) is 9.59 Å². The van der Waals surface area contributed by atoms with Crippen molar-refractivity contribution in [2.45, 2.75) is 31.2 Å². The van der Waals surface area contributed by atoms with E-state index in [0.29, 0.717) is 6.42 Å². The molecule has 0 heterocycles. The molecule has 0 aliphatic heterocycles. The average molecular weight is 396 g/mol. The molecule has 1 aliphatic carbocycles. The quantitative estimate of drug-likeness (QED) is 0.501. The Balaban J connectivity index is 1.61. The number of unbranched alkanes of at least 4 members (excludes halogenated alkanes) is 1. The van der Waals surface area contributed by atoms with Gasteiger partial charge in [0.25, 0.3) is 0 Å². The molecule has 1 amide bonds. The van der Waals surface area contributed by atoms with Crippen molar-refractivity contribution >= 4 is 12.1 Å². The number of fused-ring (bicyclic) bond motifs is 3. The first-order chi connectivity index (χ1) is 14.2. The van der Waals surface area contributed by atoms with Gasteiger partial charge in [-0.3, -0.25) is 0 Å². The highest BCUT2D eigenvalue weighted by Gasteiger charge is 2.29. The summed E-state index contributed by atoms with van der Waals surface area (Å²) in [6.45, 7) is 1.08. The second-order valence-corrected chi connectivity index (χ2v) is 7.14. The largest absolute Gasteiger partial charge is 0.467 e. The number of carbonyl (C=O) groups is 2. The Kier molecular flexibility index (Phi) is 7.25. The molecule has 6 nitrogen and oxygen atoms in total. The molecule has 1 atom stereocenters. The molecule has 0 unspecified atom stereocenters. The zero-order valence-electron chi connectivity index (χ0n) is 16.9. The molecule has 0 spiro atoms. The van der Waals surface area contributed by atoms with Crippen LogP contribution in [0.5, 0.6) is 0 Å². The number of esters is 1. The molecule has 154 valence electrons. The van der Waals surface area contributed by atoms with Crippen LogP contribution in [0.1, 0.15) is 36.3 Å². The third-order valence-electron chi connectivity index (χ3n) is 5.29. The van der Waals surface area contributed by atoms with Crippen LogP contribution in [0.4, 0.5) is 4.79 Å². The maximum absolute atomic E-state index is 12.4. The monoisotopic (exact) mass is 396 g/mol. The summed E-state index contributed by atoms with van der Waals surface area (Å²) in [4.78, 5) is 24.4. The molecule has 0 radical (unpaired) electrons. The minimum atomic E-state index is -0.701. The summed E-state index contributed by atoms with van der Waals surface area (Å²) in [6, 6.07) is 15.6. The summed E-state index contributed by atoms with van der Waals surface area (Å²) in [5, 5.41) is 5.73.